The van der Waals surface area contributed by atoms with Gasteiger partial charge in [-0.15, -0.1) is 12.4 Å². The third-order valence-corrected chi connectivity index (χ3v) is 2.53. The summed E-state index contributed by atoms with van der Waals surface area (Å²) in [4.78, 5) is 0. The molecular weight excluding hydrogens is 248 g/mol. The lowest BCUT2D eigenvalue weighted by atomic mass is 10.0. The molecule has 2 N–H and O–H groups in total. The zero-order valence-electron chi connectivity index (χ0n) is 10.0. The van der Waals surface area contributed by atoms with Crippen LogP contribution in [-0.2, 0) is 0 Å². The van der Waals surface area contributed by atoms with Gasteiger partial charge in [-0.05, 0) is 6.42 Å². The fourth-order valence-corrected chi connectivity index (χ4v) is 1.60. The predicted octanol–water partition coefficient (Wildman–Crippen LogP) is 3.59. The summed E-state index contributed by atoms with van der Waals surface area (Å²) in [5, 5.41) is 0. The Bertz CT molecular complexity index is 337. The van der Waals surface area contributed by atoms with Gasteiger partial charge in [0.2, 0.25) is 0 Å². The first kappa shape index (κ1) is 16.1. The Morgan fingerprint density at radius 1 is 1.29 bits per heavy atom. The van der Waals surface area contributed by atoms with Crippen LogP contribution in [-0.4, -0.2) is 7.11 Å². The van der Waals surface area contributed by atoms with Crippen molar-refractivity contribution in [1.29, 1.82) is 0 Å². The maximum absolute atomic E-state index is 13.6. The standard InChI is InChI=1S/C12H17F2NO.ClH/c1-3-4-5-11(15)12-9(13)6-8(16-2)7-10(12)14;/h6-7,11H,3-5,15H2,1-2H3;1H/t11-;/m0./s1. The topological polar surface area (TPSA) is 35.2 Å². The van der Waals surface area contributed by atoms with Crippen LogP contribution < -0.4 is 10.5 Å². The molecule has 1 aromatic carbocycles. The number of benzene rings is 1. The fraction of sp³-hybridized carbons (Fsp3) is 0.500. The van der Waals surface area contributed by atoms with Gasteiger partial charge in [0.1, 0.15) is 17.4 Å². The van der Waals surface area contributed by atoms with Crippen LogP contribution in [0.3, 0.4) is 0 Å². The molecule has 0 fully saturated rings. The lowest BCUT2D eigenvalue weighted by Crippen LogP contribution is -2.14. The van der Waals surface area contributed by atoms with E-state index >= 15 is 0 Å². The number of nitrogens with two attached hydrogens (primary N) is 1. The Hall–Kier alpha value is -0.870. The smallest absolute Gasteiger partial charge is 0.134 e. The van der Waals surface area contributed by atoms with Crippen molar-refractivity contribution in [1.82, 2.24) is 0 Å². The molecule has 0 unspecified atom stereocenters. The Labute approximate surface area is 107 Å². The van der Waals surface area contributed by atoms with Crippen molar-refractivity contribution < 1.29 is 13.5 Å². The van der Waals surface area contributed by atoms with Crippen molar-refractivity contribution in [2.24, 2.45) is 5.73 Å². The average Bonchev–Trinajstić information content (AvgIpc) is 2.25. The van der Waals surface area contributed by atoms with Crippen LogP contribution in [0.1, 0.15) is 37.8 Å². The van der Waals surface area contributed by atoms with Gasteiger partial charge in [0.05, 0.1) is 7.11 Å². The van der Waals surface area contributed by atoms with Gasteiger partial charge in [-0.1, -0.05) is 19.8 Å². The molecule has 0 heterocycles. The van der Waals surface area contributed by atoms with Crippen LogP contribution >= 0.6 is 12.4 Å². The number of hydrogen-bond donors (Lipinski definition) is 1. The van der Waals surface area contributed by atoms with E-state index in [0.29, 0.717) is 6.42 Å². The van der Waals surface area contributed by atoms with Crippen molar-refractivity contribution in [3.8, 4) is 5.75 Å². The third kappa shape index (κ3) is 4.13. The zero-order chi connectivity index (χ0) is 12.1. The molecule has 0 saturated heterocycles. The predicted molar refractivity (Wildman–Crippen MR) is 66.6 cm³/mol. The molecule has 0 amide bonds. The van der Waals surface area contributed by atoms with Crippen molar-refractivity contribution in [2.75, 3.05) is 7.11 Å². The molecule has 0 aromatic heterocycles. The minimum Gasteiger partial charge on any atom is -0.497 e. The van der Waals surface area contributed by atoms with Crippen LogP contribution in [0.5, 0.6) is 5.75 Å². The van der Waals surface area contributed by atoms with Crippen molar-refractivity contribution in [2.45, 2.75) is 32.2 Å². The van der Waals surface area contributed by atoms with Crippen LogP contribution in [0.25, 0.3) is 0 Å². The second-order valence-electron chi connectivity index (χ2n) is 3.75. The van der Waals surface area contributed by atoms with Crippen molar-refractivity contribution >= 4 is 12.4 Å². The van der Waals surface area contributed by atoms with E-state index in [1.54, 1.807) is 0 Å². The molecule has 0 aliphatic carbocycles. The molecule has 0 radical (unpaired) electrons. The highest BCUT2D eigenvalue weighted by atomic mass is 35.5. The first-order valence-electron chi connectivity index (χ1n) is 5.38. The third-order valence-electron chi connectivity index (χ3n) is 2.53. The zero-order valence-corrected chi connectivity index (χ0v) is 10.8. The summed E-state index contributed by atoms with van der Waals surface area (Å²) >= 11 is 0. The van der Waals surface area contributed by atoms with E-state index in [9.17, 15) is 8.78 Å². The molecule has 98 valence electrons. The lowest BCUT2D eigenvalue weighted by molar-refractivity contribution is 0.402. The van der Waals surface area contributed by atoms with E-state index in [-0.39, 0.29) is 23.7 Å². The highest BCUT2D eigenvalue weighted by Gasteiger charge is 2.17. The Kier molecular flexibility index (Phi) is 7.07. The van der Waals surface area contributed by atoms with Crippen LogP contribution in [0.4, 0.5) is 8.78 Å². The van der Waals surface area contributed by atoms with Gasteiger partial charge in [-0.3, -0.25) is 0 Å². The summed E-state index contributed by atoms with van der Waals surface area (Å²) in [6.07, 6.45) is 2.38. The van der Waals surface area contributed by atoms with Crippen LogP contribution in [0.15, 0.2) is 12.1 Å². The fourth-order valence-electron chi connectivity index (χ4n) is 1.60. The summed E-state index contributed by atoms with van der Waals surface area (Å²) in [5.41, 5.74) is 5.71. The first-order chi connectivity index (χ1) is 7.60. The summed E-state index contributed by atoms with van der Waals surface area (Å²) in [6, 6.07) is 1.72. The summed E-state index contributed by atoms with van der Waals surface area (Å²) in [5.74, 6) is -1.11. The molecular formula is C12H18ClF2NO. The van der Waals surface area contributed by atoms with E-state index in [1.165, 1.54) is 7.11 Å². The van der Waals surface area contributed by atoms with Crippen LogP contribution in [0, 0.1) is 11.6 Å². The Balaban J connectivity index is 0.00000256. The normalized spacial score (nSPS) is 11.8. The number of rotatable bonds is 5. The van der Waals surface area contributed by atoms with E-state index < -0.39 is 17.7 Å². The molecule has 1 aromatic rings. The molecule has 1 rings (SSSR count). The van der Waals surface area contributed by atoms with Gasteiger partial charge in [0, 0.05) is 23.7 Å². The van der Waals surface area contributed by atoms with E-state index in [1.807, 2.05) is 6.92 Å². The van der Waals surface area contributed by atoms with Gasteiger partial charge in [0.25, 0.3) is 0 Å². The summed E-state index contributed by atoms with van der Waals surface area (Å²) in [7, 11) is 1.37. The number of methoxy groups -OCH3 is 1. The quantitative estimate of drug-likeness (QED) is 0.883. The highest BCUT2D eigenvalue weighted by Crippen LogP contribution is 2.26. The van der Waals surface area contributed by atoms with Gasteiger partial charge in [0.15, 0.2) is 0 Å². The van der Waals surface area contributed by atoms with Crippen LogP contribution in [0.2, 0.25) is 0 Å². The second kappa shape index (κ2) is 7.45. The number of unbranched alkanes of at least 4 members (excludes halogenated alkanes) is 1. The van der Waals surface area contributed by atoms with Gasteiger partial charge >= 0.3 is 0 Å². The number of hydrogen-bond acceptors (Lipinski definition) is 2. The second-order valence-corrected chi connectivity index (χ2v) is 3.75. The molecule has 0 saturated carbocycles. The highest BCUT2D eigenvalue weighted by molar-refractivity contribution is 5.85. The lowest BCUT2D eigenvalue weighted by Gasteiger charge is -2.14. The maximum atomic E-state index is 13.6. The van der Waals surface area contributed by atoms with Gasteiger partial charge < -0.3 is 10.5 Å². The summed E-state index contributed by atoms with van der Waals surface area (Å²) in [6.45, 7) is 2.01. The molecule has 17 heavy (non-hydrogen) atoms. The van der Waals surface area contributed by atoms with Crippen molar-refractivity contribution in [3.63, 3.8) is 0 Å². The molecule has 0 spiro atoms. The average molecular weight is 266 g/mol. The molecule has 1 atom stereocenters. The van der Waals surface area contributed by atoms with Crippen molar-refractivity contribution in [3.05, 3.63) is 29.3 Å². The first-order valence-corrected chi connectivity index (χ1v) is 5.38. The number of ether oxygens (including phenoxy) is 1. The Morgan fingerprint density at radius 2 is 1.82 bits per heavy atom. The van der Waals surface area contributed by atoms with Gasteiger partial charge in [-0.2, -0.15) is 0 Å². The van der Waals surface area contributed by atoms with Gasteiger partial charge in [-0.25, -0.2) is 8.78 Å². The minimum absolute atomic E-state index is 0. The SMILES string of the molecule is CCCC[C@H](N)c1c(F)cc(OC)cc1F.Cl. The van der Waals surface area contributed by atoms with E-state index in [0.717, 1.165) is 25.0 Å². The minimum atomic E-state index is -0.638. The molecule has 0 bridgehead atoms. The molecule has 0 aliphatic rings. The Morgan fingerprint density at radius 3 is 2.24 bits per heavy atom. The van der Waals surface area contributed by atoms with E-state index in [2.05, 4.69) is 0 Å². The van der Waals surface area contributed by atoms with E-state index in [4.69, 9.17) is 10.5 Å². The molecule has 0 aliphatic heterocycles. The largest absolute Gasteiger partial charge is 0.497 e. The maximum Gasteiger partial charge on any atom is 0.134 e. The summed E-state index contributed by atoms with van der Waals surface area (Å²) < 4.78 is 31.9. The molecule has 2 nitrogen and oxygen atoms in total. The number of halogens is 3. The monoisotopic (exact) mass is 265 g/mol. The molecule has 5 heteroatoms.